The van der Waals surface area contributed by atoms with Gasteiger partial charge in [-0.2, -0.15) is 0 Å². The van der Waals surface area contributed by atoms with Gasteiger partial charge in [0, 0.05) is 11.6 Å². The number of hydrogen-bond acceptors (Lipinski definition) is 2. The summed E-state index contributed by atoms with van der Waals surface area (Å²) in [5.74, 6) is -0.839. The zero-order chi connectivity index (χ0) is 9.02. The van der Waals surface area contributed by atoms with Crippen LogP contribution in [0.25, 0.3) is 0 Å². The van der Waals surface area contributed by atoms with Gasteiger partial charge in [0.15, 0.2) is 0 Å². The maximum Gasteiger partial charge on any atom is 0.332 e. The fourth-order valence-electron chi connectivity index (χ4n) is 0.822. The maximum absolute atomic E-state index is 10.6. The second-order valence-electron chi connectivity index (χ2n) is 2.69. The van der Waals surface area contributed by atoms with Gasteiger partial charge in [0.25, 0.3) is 0 Å². The Kier molecular flexibility index (Phi) is 3.82. The van der Waals surface area contributed by atoms with Gasteiger partial charge in [-0.3, -0.25) is 0 Å². The third-order valence-electron chi connectivity index (χ3n) is 1.78. The van der Waals surface area contributed by atoms with Gasteiger partial charge in [-0.05, 0) is 27.9 Å². The molecule has 11 heavy (non-hydrogen) atoms. The van der Waals surface area contributed by atoms with Crippen molar-refractivity contribution < 1.29 is 9.90 Å². The Morgan fingerprint density at radius 2 is 2.00 bits per heavy atom. The summed E-state index contributed by atoms with van der Waals surface area (Å²) in [4.78, 5) is 12.4. The second-order valence-corrected chi connectivity index (χ2v) is 2.69. The molecule has 0 saturated carbocycles. The van der Waals surface area contributed by atoms with Crippen molar-refractivity contribution in [2.45, 2.75) is 19.9 Å². The normalized spacial score (nSPS) is 15.2. The van der Waals surface area contributed by atoms with E-state index in [4.69, 9.17) is 5.11 Å². The molecule has 0 aliphatic heterocycles. The first kappa shape index (κ1) is 10.2. The molecule has 3 heteroatoms. The fourth-order valence-corrected chi connectivity index (χ4v) is 0.822. The lowest BCUT2D eigenvalue weighted by Crippen LogP contribution is -2.29. The minimum atomic E-state index is -0.839. The summed E-state index contributed by atoms with van der Waals surface area (Å²) in [6.45, 7) is 3.60. The number of carbonyl (C=O) groups is 1. The van der Waals surface area contributed by atoms with Crippen LogP contribution in [0.2, 0.25) is 0 Å². The average Bonchev–Trinajstić information content (AvgIpc) is 1.88. The predicted octanol–water partition coefficient (Wildman–Crippen LogP) is 0.967. The monoisotopic (exact) mass is 157 g/mol. The van der Waals surface area contributed by atoms with E-state index in [1.54, 1.807) is 13.0 Å². The van der Waals surface area contributed by atoms with Crippen LogP contribution < -0.4 is 0 Å². The number of aliphatic carboxylic acids is 1. The van der Waals surface area contributed by atoms with Gasteiger partial charge in [-0.15, -0.1) is 0 Å². The largest absolute Gasteiger partial charge is 0.478 e. The van der Waals surface area contributed by atoms with E-state index in [0.717, 1.165) is 0 Å². The molecule has 1 unspecified atom stereocenters. The minimum Gasteiger partial charge on any atom is -0.478 e. The molecule has 0 aliphatic rings. The Hall–Kier alpha value is -0.830. The lowest BCUT2D eigenvalue weighted by molar-refractivity contribution is -0.133. The lowest BCUT2D eigenvalue weighted by atomic mass is 10.1. The highest BCUT2D eigenvalue weighted by Gasteiger charge is 2.15. The number of carboxylic acids is 1. The van der Waals surface area contributed by atoms with Gasteiger partial charge in [-0.25, -0.2) is 4.79 Å². The molecule has 0 aromatic carbocycles. The van der Waals surface area contributed by atoms with E-state index in [0.29, 0.717) is 5.57 Å². The molecule has 0 bridgehead atoms. The summed E-state index contributed by atoms with van der Waals surface area (Å²) < 4.78 is 0. The number of allylic oxidation sites excluding steroid dienone is 1. The first-order valence-electron chi connectivity index (χ1n) is 3.56. The van der Waals surface area contributed by atoms with Gasteiger partial charge >= 0.3 is 5.97 Å². The van der Waals surface area contributed by atoms with Gasteiger partial charge in [0.05, 0.1) is 0 Å². The van der Waals surface area contributed by atoms with Gasteiger partial charge in [0.2, 0.25) is 0 Å². The summed E-state index contributed by atoms with van der Waals surface area (Å²) in [6, 6.07) is -0.0301. The second kappa shape index (κ2) is 4.13. The smallest absolute Gasteiger partial charge is 0.332 e. The van der Waals surface area contributed by atoms with Crippen molar-refractivity contribution in [3.05, 3.63) is 11.6 Å². The van der Waals surface area contributed by atoms with Gasteiger partial charge in [-0.1, -0.05) is 6.08 Å². The van der Waals surface area contributed by atoms with Crippen LogP contribution in [0.1, 0.15) is 13.8 Å². The molecule has 0 saturated heterocycles. The van der Waals surface area contributed by atoms with Crippen LogP contribution in [0.15, 0.2) is 11.6 Å². The van der Waals surface area contributed by atoms with Crippen molar-refractivity contribution >= 4 is 5.97 Å². The van der Waals surface area contributed by atoms with Gasteiger partial charge < -0.3 is 10.0 Å². The Labute approximate surface area is 67.3 Å². The molecule has 1 atom stereocenters. The van der Waals surface area contributed by atoms with Crippen LogP contribution in [-0.4, -0.2) is 36.1 Å². The highest BCUT2D eigenvalue weighted by atomic mass is 16.4. The van der Waals surface area contributed by atoms with E-state index in [1.807, 2.05) is 25.9 Å². The van der Waals surface area contributed by atoms with Gasteiger partial charge in [0.1, 0.15) is 0 Å². The molecule has 0 rings (SSSR count). The molecule has 1 N–H and O–H groups in total. The fraction of sp³-hybridized carbons (Fsp3) is 0.625. The summed E-state index contributed by atoms with van der Waals surface area (Å²) in [6.07, 6.45) is 1.63. The maximum atomic E-state index is 10.6. The molecule has 0 fully saturated rings. The molecule has 0 aliphatic carbocycles. The molecule has 0 radical (unpaired) electrons. The van der Waals surface area contributed by atoms with Crippen molar-refractivity contribution in [1.82, 2.24) is 4.90 Å². The summed E-state index contributed by atoms with van der Waals surface area (Å²) in [5.41, 5.74) is 0.440. The molecule has 64 valence electrons. The third-order valence-corrected chi connectivity index (χ3v) is 1.78. The molecular weight excluding hydrogens is 142 g/mol. The van der Waals surface area contributed by atoms with E-state index in [2.05, 4.69) is 0 Å². The van der Waals surface area contributed by atoms with Crippen LogP contribution >= 0.6 is 0 Å². The summed E-state index contributed by atoms with van der Waals surface area (Å²) >= 11 is 0. The lowest BCUT2D eigenvalue weighted by Gasteiger charge is -2.19. The SMILES string of the molecule is CC=C(C(=O)O)C(C)N(C)C. The third kappa shape index (κ3) is 2.72. The quantitative estimate of drug-likeness (QED) is 0.620. The van der Waals surface area contributed by atoms with Crippen molar-refractivity contribution in [2.75, 3.05) is 14.1 Å². The van der Waals surface area contributed by atoms with E-state index in [-0.39, 0.29) is 6.04 Å². The highest BCUT2D eigenvalue weighted by Crippen LogP contribution is 2.06. The number of hydrogen-bond donors (Lipinski definition) is 1. The van der Waals surface area contributed by atoms with Crippen LogP contribution in [0.3, 0.4) is 0 Å². The van der Waals surface area contributed by atoms with E-state index >= 15 is 0 Å². The Bertz CT molecular complexity index is 173. The summed E-state index contributed by atoms with van der Waals surface area (Å²) in [7, 11) is 3.72. The molecule has 0 spiro atoms. The minimum absolute atomic E-state index is 0.0301. The topological polar surface area (TPSA) is 40.5 Å². The number of nitrogens with zero attached hydrogens (tertiary/aromatic N) is 1. The predicted molar refractivity (Wildman–Crippen MR) is 44.5 cm³/mol. The Balaban J connectivity index is 4.41. The first-order chi connectivity index (χ1) is 5.00. The highest BCUT2D eigenvalue weighted by molar-refractivity contribution is 5.87. The molecule has 0 heterocycles. The van der Waals surface area contributed by atoms with E-state index < -0.39 is 5.97 Å². The van der Waals surface area contributed by atoms with Crippen molar-refractivity contribution in [2.24, 2.45) is 0 Å². The zero-order valence-electron chi connectivity index (χ0n) is 7.46. The van der Waals surface area contributed by atoms with Crippen LogP contribution in [0.4, 0.5) is 0 Å². The number of likely N-dealkylation sites (N-methyl/N-ethyl adjacent to an activating group) is 1. The van der Waals surface area contributed by atoms with E-state index in [1.165, 1.54) is 0 Å². The molecule has 0 aromatic rings. The Morgan fingerprint density at radius 1 is 1.55 bits per heavy atom. The standard InChI is InChI=1S/C8H15NO2/c1-5-7(8(10)11)6(2)9(3)4/h5-6H,1-4H3,(H,10,11). The molecular formula is C8H15NO2. The van der Waals surface area contributed by atoms with Crippen molar-refractivity contribution in [3.8, 4) is 0 Å². The van der Waals surface area contributed by atoms with E-state index in [9.17, 15) is 4.79 Å². The Morgan fingerprint density at radius 3 is 2.09 bits per heavy atom. The van der Waals surface area contributed by atoms with Crippen LogP contribution in [-0.2, 0) is 4.79 Å². The average molecular weight is 157 g/mol. The number of rotatable bonds is 3. The molecule has 3 nitrogen and oxygen atoms in total. The van der Waals surface area contributed by atoms with Crippen LogP contribution in [0, 0.1) is 0 Å². The van der Waals surface area contributed by atoms with Crippen LogP contribution in [0.5, 0.6) is 0 Å². The molecule has 0 aromatic heterocycles. The molecule has 0 amide bonds. The van der Waals surface area contributed by atoms with Crippen molar-refractivity contribution in [3.63, 3.8) is 0 Å². The zero-order valence-corrected chi connectivity index (χ0v) is 7.46. The summed E-state index contributed by atoms with van der Waals surface area (Å²) in [5, 5.41) is 8.70. The number of carboxylic acid groups (broad SMARTS) is 1. The first-order valence-corrected chi connectivity index (χ1v) is 3.56. The van der Waals surface area contributed by atoms with Crippen molar-refractivity contribution in [1.29, 1.82) is 0 Å².